The summed E-state index contributed by atoms with van der Waals surface area (Å²) >= 11 is 0. The molecule has 0 bridgehead atoms. The summed E-state index contributed by atoms with van der Waals surface area (Å²) in [5.41, 5.74) is 4.33. The fraction of sp³-hybridized carbons (Fsp3) is 0.538. The van der Waals surface area contributed by atoms with Crippen LogP contribution in [0.4, 0.5) is 14.5 Å². The minimum atomic E-state index is -4.08. The molecule has 1 atom stereocenters. The van der Waals surface area contributed by atoms with Gasteiger partial charge in [0.05, 0.1) is 11.3 Å². The van der Waals surface area contributed by atoms with Crippen LogP contribution in [-0.4, -0.2) is 38.5 Å². The van der Waals surface area contributed by atoms with E-state index in [2.05, 4.69) is 0 Å². The van der Waals surface area contributed by atoms with Gasteiger partial charge in [-0.3, -0.25) is 0 Å². The molecule has 5 nitrogen and oxygen atoms in total. The zero-order valence-corrected chi connectivity index (χ0v) is 12.7. The molecule has 1 aromatic carbocycles. The van der Waals surface area contributed by atoms with Gasteiger partial charge < -0.3 is 10.5 Å². The average Bonchev–Trinajstić information content (AvgIpc) is 2.42. The third kappa shape index (κ3) is 3.02. The molecule has 21 heavy (non-hydrogen) atoms. The van der Waals surface area contributed by atoms with Crippen molar-refractivity contribution in [2.24, 2.45) is 0 Å². The minimum Gasteiger partial charge on any atom is -0.396 e. The standard InChI is InChI=1S/C13H18F2N2O3S/c1-13(20-2)4-3-5-17(8-13)21(18,19)12-7-11(16)9(14)6-10(12)15/h6-7H,3-5,8,16H2,1-2H3. The first-order chi connectivity index (χ1) is 9.69. The topological polar surface area (TPSA) is 72.6 Å². The zero-order chi connectivity index (χ0) is 15.8. The van der Waals surface area contributed by atoms with Gasteiger partial charge in [-0.1, -0.05) is 0 Å². The lowest BCUT2D eigenvalue weighted by molar-refractivity contribution is -0.0319. The number of methoxy groups -OCH3 is 1. The van der Waals surface area contributed by atoms with E-state index in [-0.39, 0.29) is 13.1 Å². The number of anilines is 1. The number of nitrogen functional groups attached to an aromatic ring is 1. The second-order valence-electron chi connectivity index (χ2n) is 5.40. The summed E-state index contributed by atoms with van der Waals surface area (Å²) in [6, 6.07) is 1.31. The second kappa shape index (κ2) is 5.51. The lowest BCUT2D eigenvalue weighted by atomic mass is 9.96. The minimum absolute atomic E-state index is 0.114. The second-order valence-corrected chi connectivity index (χ2v) is 7.31. The number of hydrogen-bond acceptors (Lipinski definition) is 4. The number of halogens is 2. The Hall–Kier alpha value is -1.25. The molecule has 0 saturated carbocycles. The molecule has 1 fully saturated rings. The average molecular weight is 320 g/mol. The van der Waals surface area contributed by atoms with Crippen molar-refractivity contribution in [3.8, 4) is 0 Å². The van der Waals surface area contributed by atoms with Crippen LogP contribution in [0.15, 0.2) is 17.0 Å². The Kier molecular flexibility index (Phi) is 4.23. The van der Waals surface area contributed by atoms with Crippen LogP contribution in [0.3, 0.4) is 0 Å². The smallest absolute Gasteiger partial charge is 0.246 e. The highest BCUT2D eigenvalue weighted by Gasteiger charge is 2.38. The van der Waals surface area contributed by atoms with Gasteiger partial charge in [0.15, 0.2) is 0 Å². The van der Waals surface area contributed by atoms with Gasteiger partial charge in [0, 0.05) is 26.3 Å². The predicted molar refractivity (Wildman–Crippen MR) is 74.2 cm³/mol. The maximum atomic E-state index is 13.8. The summed E-state index contributed by atoms with van der Waals surface area (Å²) in [7, 11) is -2.57. The fourth-order valence-corrected chi connectivity index (χ4v) is 4.09. The van der Waals surface area contributed by atoms with E-state index < -0.39 is 37.8 Å². The first kappa shape index (κ1) is 16.1. The van der Waals surface area contributed by atoms with Gasteiger partial charge in [0.1, 0.15) is 16.5 Å². The molecule has 0 aliphatic carbocycles. The molecule has 2 N–H and O–H groups in total. The number of nitrogens with two attached hydrogens (primary N) is 1. The van der Waals surface area contributed by atoms with Gasteiger partial charge >= 0.3 is 0 Å². The van der Waals surface area contributed by atoms with E-state index in [0.717, 1.165) is 10.4 Å². The van der Waals surface area contributed by atoms with Crippen LogP contribution in [0.25, 0.3) is 0 Å². The monoisotopic (exact) mass is 320 g/mol. The van der Waals surface area contributed by atoms with Gasteiger partial charge in [-0.05, 0) is 25.8 Å². The largest absolute Gasteiger partial charge is 0.396 e. The summed E-state index contributed by atoms with van der Waals surface area (Å²) in [6.07, 6.45) is 1.31. The molecule has 1 saturated heterocycles. The van der Waals surface area contributed by atoms with Crippen molar-refractivity contribution >= 4 is 15.7 Å². The Labute approximate surface area is 122 Å². The number of benzene rings is 1. The third-order valence-corrected chi connectivity index (χ3v) is 5.65. The van der Waals surface area contributed by atoms with E-state index in [9.17, 15) is 17.2 Å². The molecule has 1 aliphatic rings. The van der Waals surface area contributed by atoms with E-state index in [4.69, 9.17) is 10.5 Å². The van der Waals surface area contributed by atoms with Crippen molar-refractivity contribution in [2.45, 2.75) is 30.3 Å². The summed E-state index contributed by atoms with van der Waals surface area (Å²) in [5, 5.41) is 0. The Balaban J connectivity index is 2.41. The molecule has 0 radical (unpaired) electrons. The Morgan fingerprint density at radius 2 is 2.00 bits per heavy atom. The number of ether oxygens (including phenoxy) is 1. The highest BCUT2D eigenvalue weighted by atomic mass is 32.2. The van der Waals surface area contributed by atoms with Gasteiger partial charge in [-0.15, -0.1) is 0 Å². The normalized spacial score (nSPS) is 24.2. The number of nitrogens with zero attached hydrogens (tertiary/aromatic N) is 1. The fourth-order valence-electron chi connectivity index (χ4n) is 2.41. The van der Waals surface area contributed by atoms with Crippen LogP contribution in [0, 0.1) is 11.6 Å². The van der Waals surface area contributed by atoms with Gasteiger partial charge in [-0.2, -0.15) is 4.31 Å². The Bertz CT molecular complexity index is 651. The molecule has 0 spiro atoms. The SMILES string of the molecule is COC1(C)CCCN(S(=O)(=O)c2cc(N)c(F)cc2F)C1. The van der Waals surface area contributed by atoms with Crippen molar-refractivity contribution in [3.63, 3.8) is 0 Å². The third-order valence-electron chi connectivity index (χ3n) is 3.79. The molecule has 1 unspecified atom stereocenters. The van der Waals surface area contributed by atoms with E-state index in [1.165, 1.54) is 7.11 Å². The van der Waals surface area contributed by atoms with E-state index >= 15 is 0 Å². The van der Waals surface area contributed by atoms with Crippen LogP contribution in [0.1, 0.15) is 19.8 Å². The van der Waals surface area contributed by atoms with Crippen LogP contribution >= 0.6 is 0 Å². The molecule has 1 aromatic rings. The van der Waals surface area contributed by atoms with E-state index in [1.807, 2.05) is 0 Å². The van der Waals surface area contributed by atoms with Crippen molar-refractivity contribution < 1.29 is 21.9 Å². The molecule has 1 heterocycles. The van der Waals surface area contributed by atoms with Gasteiger partial charge in [0.25, 0.3) is 0 Å². The molecule has 2 rings (SSSR count). The number of sulfonamides is 1. The first-order valence-corrected chi connectivity index (χ1v) is 7.93. The summed E-state index contributed by atoms with van der Waals surface area (Å²) in [4.78, 5) is -0.609. The van der Waals surface area contributed by atoms with Crippen molar-refractivity contribution in [1.82, 2.24) is 4.31 Å². The first-order valence-electron chi connectivity index (χ1n) is 6.49. The maximum absolute atomic E-state index is 13.8. The highest BCUT2D eigenvalue weighted by molar-refractivity contribution is 7.89. The summed E-state index contributed by atoms with van der Waals surface area (Å²) in [6.45, 7) is 2.17. The lowest BCUT2D eigenvalue weighted by Crippen LogP contribution is -2.49. The van der Waals surface area contributed by atoms with Gasteiger partial charge in [-0.25, -0.2) is 17.2 Å². The van der Waals surface area contributed by atoms with Crippen LogP contribution in [-0.2, 0) is 14.8 Å². The molecule has 0 amide bonds. The zero-order valence-electron chi connectivity index (χ0n) is 11.9. The van der Waals surface area contributed by atoms with Crippen LogP contribution < -0.4 is 5.73 Å². The lowest BCUT2D eigenvalue weighted by Gasteiger charge is -2.38. The quantitative estimate of drug-likeness (QED) is 0.861. The van der Waals surface area contributed by atoms with E-state index in [1.54, 1.807) is 6.92 Å². The van der Waals surface area contributed by atoms with Gasteiger partial charge in [0.2, 0.25) is 10.0 Å². The molecule has 1 aliphatic heterocycles. The molecular formula is C13H18F2N2O3S. The number of rotatable bonds is 3. The van der Waals surface area contributed by atoms with Crippen molar-refractivity contribution in [2.75, 3.05) is 25.9 Å². The van der Waals surface area contributed by atoms with Crippen molar-refractivity contribution in [1.29, 1.82) is 0 Å². The van der Waals surface area contributed by atoms with Crippen LogP contribution in [0.5, 0.6) is 0 Å². The molecular weight excluding hydrogens is 302 g/mol. The Morgan fingerprint density at radius 3 is 2.62 bits per heavy atom. The predicted octanol–water partition coefficient (Wildman–Crippen LogP) is 1.74. The van der Waals surface area contributed by atoms with E-state index in [0.29, 0.717) is 18.9 Å². The number of piperidine rings is 1. The summed E-state index contributed by atoms with van der Waals surface area (Å²) in [5.74, 6) is -2.13. The maximum Gasteiger partial charge on any atom is 0.246 e. The summed E-state index contributed by atoms with van der Waals surface area (Å²) < 4.78 is 58.5. The molecule has 118 valence electrons. The molecule has 0 aromatic heterocycles. The Morgan fingerprint density at radius 1 is 1.33 bits per heavy atom. The highest BCUT2D eigenvalue weighted by Crippen LogP contribution is 2.30. The van der Waals surface area contributed by atoms with Crippen molar-refractivity contribution in [3.05, 3.63) is 23.8 Å². The number of hydrogen-bond donors (Lipinski definition) is 1. The molecule has 8 heteroatoms. The van der Waals surface area contributed by atoms with Crippen LogP contribution in [0.2, 0.25) is 0 Å².